The molecule has 1 aromatic heterocycles. The Balaban J connectivity index is 1.75. The van der Waals surface area contributed by atoms with Crippen molar-refractivity contribution < 1.29 is 4.74 Å². The molecule has 0 atom stereocenters. The Morgan fingerprint density at radius 1 is 0.870 bits per heavy atom. The highest BCUT2D eigenvalue weighted by atomic mass is 35.5. The van der Waals surface area contributed by atoms with Crippen molar-refractivity contribution in [1.82, 2.24) is 4.98 Å². The van der Waals surface area contributed by atoms with Gasteiger partial charge in [-0.2, -0.15) is 0 Å². The number of benzene rings is 2. The predicted octanol–water partition coefficient (Wildman–Crippen LogP) is 6.21. The first-order valence-corrected chi connectivity index (χ1v) is 8.51. The van der Waals surface area contributed by atoms with E-state index < -0.39 is 0 Å². The van der Waals surface area contributed by atoms with Crippen molar-refractivity contribution in [2.75, 3.05) is 0 Å². The van der Waals surface area contributed by atoms with E-state index in [2.05, 4.69) is 0 Å². The fraction of sp³-hybridized carbons (Fsp3) is 0.211. The lowest BCUT2D eigenvalue weighted by Gasteiger charge is -2.18. The van der Waals surface area contributed by atoms with Crippen LogP contribution in [0.1, 0.15) is 24.1 Å². The molecule has 2 nitrogen and oxygen atoms in total. The van der Waals surface area contributed by atoms with Crippen LogP contribution >= 0.6 is 23.2 Å². The molecule has 0 amide bonds. The van der Waals surface area contributed by atoms with Crippen molar-refractivity contribution in [2.45, 2.75) is 25.7 Å². The van der Waals surface area contributed by atoms with E-state index in [1.165, 1.54) is 18.4 Å². The molecule has 1 heterocycles. The molecule has 1 aliphatic carbocycles. The van der Waals surface area contributed by atoms with E-state index >= 15 is 0 Å². The predicted molar refractivity (Wildman–Crippen MR) is 94.9 cm³/mol. The maximum atomic E-state index is 6.64. The molecule has 4 rings (SSSR count). The number of aromatic nitrogens is 1. The van der Waals surface area contributed by atoms with Gasteiger partial charge in [0.1, 0.15) is 11.5 Å². The zero-order chi connectivity index (χ0) is 15.8. The van der Waals surface area contributed by atoms with Crippen LogP contribution in [0.4, 0.5) is 0 Å². The van der Waals surface area contributed by atoms with Crippen molar-refractivity contribution >= 4 is 34.1 Å². The Morgan fingerprint density at radius 3 is 2.43 bits per heavy atom. The highest BCUT2D eigenvalue weighted by molar-refractivity contribution is 6.36. The number of fused-ring (bicyclic) bond motifs is 2. The standard InChI is InChI=1S/C19H15Cl2NO/c20-12-5-7-13(8-6-12)23-14-9-10-18-16(11-14)19(21)15-3-1-2-4-17(15)22-18/h5-11H,1-4H2. The third-order valence-corrected chi connectivity index (χ3v) is 4.90. The van der Waals surface area contributed by atoms with Gasteiger partial charge in [-0.25, -0.2) is 0 Å². The van der Waals surface area contributed by atoms with Crippen LogP contribution in [0.15, 0.2) is 42.5 Å². The van der Waals surface area contributed by atoms with Crippen LogP contribution in [0, 0.1) is 0 Å². The van der Waals surface area contributed by atoms with Gasteiger partial charge in [-0.05, 0) is 73.7 Å². The molecule has 0 saturated carbocycles. The average molecular weight is 344 g/mol. The summed E-state index contributed by atoms with van der Waals surface area (Å²) in [6.45, 7) is 0. The molecular formula is C19H15Cl2NO. The Kier molecular flexibility index (Phi) is 3.88. The maximum absolute atomic E-state index is 6.64. The Bertz CT molecular complexity index is 875. The molecule has 1 aliphatic rings. The third kappa shape index (κ3) is 2.89. The third-order valence-electron chi connectivity index (χ3n) is 4.21. The van der Waals surface area contributed by atoms with Crippen LogP contribution in [0.5, 0.6) is 11.5 Å². The van der Waals surface area contributed by atoms with Crippen molar-refractivity contribution in [1.29, 1.82) is 0 Å². The summed E-state index contributed by atoms with van der Waals surface area (Å²) in [7, 11) is 0. The van der Waals surface area contributed by atoms with Crippen LogP contribution in [-0.4, -0.2) is 4.98 Å². The van der Waals surface area contributed by atoms with Gasteiger partial charge >= 0.3 is 0 Å². The van der Waals surface area contributed by atoms with E-state index in [4.69, 9.17) is 32.9 Å². The van der Waals surface area contributed by atoms with E-state index in [9.17, 15) is 0 Å². The molecule has 0 aliphatic heterocycles. The van der Waals surface area contributed by atoms with Crippen LogP contribution < -0.4 is 4.74 Å². The van der Waals surface area contributed by atoms with Gasteiger partial charge in [0.15, 0.2) is 0 Å². The fourth-order valence-corrected chi connectivity index (χ4v) is 3.53. The Morgan fingerprint density at radius 2 is 1.61 bits per heavy atom. The number of hydrogen-bond acceptors (Lipinski definition) is 2. The molecule has 4 heteroatoms. The van der Waals surface area contributed by atoms with Crippen LogP contribution in [0.3, 0.4) is 0 Å². The first kappa shape index (κ1) is 14.8. The zero-order valence-electron chi connectivity index (χ0n) is 12.5. The number of rotatable bonds is 2. The highest BCUT2D eigenvalue weighted by Crippen LogP contribution is 2.35. The molecule has 2 aromatic carbocycles. The van der Waals surface area contributed by atoms with Crippen molar-refractivity contribution in [2.24, 2.45) is 0 Å². The highest BCUT2D eigenvalue weighted by Gasteiger charge is 2.17. The summed E-state index contributed by atoms with van der Waals surface area (Å²) in [6, 6.07) is 13.2. The number of nitrogens with zero attached hydrogens (tertiary/aromatic N) is 1. The van der Waals surface area contributed by atoms with Crippen LogP contribution in [-0.2, 0) is 12.8 Å². The number of hydrogen-bond donors (Lipinski definition) is 0. The van der Waals surface area contributed by atoms with E-state index in [0.29, 0.717) is 5.02 Å². The van der Waals surface area contributed by atoms with E-state index in [0.717, 1.165) is 46.0 Å². The minimum atomic E-state index is 0.690. The van der Waals surface area contributed by atoms with Gasteiger partial charge < -0.3 is 4.74 Å². The van der Waals surface area contributed by atoms with Crippen molar-refractivity contribution in [3.05, 3.63) is 63.8 Å². The SMILES string of the molecule is Clc1ccc(Oc2ccc3nc4c(c(Cl)c3c2)CCCC4)cc1. The minimum absolute atomic E-state index is 0.690. The largest absolute Gasteiger partial charge is 0.457 e. The molecule has 0 saturated heterocycles. The first-order chi connectivity index (χ1) is 11.2. The van der Waals surface area contributed by atoms with E-state index in [-0.39, 0.29) is 0 Å². The van der Waals surface area contributed by atoms with Gasteiger partial charge in [-0.1, -0.05) is 23.2 Å². The summed E-state index contributed by atoms with van der Waals surface area (Å²) in [5.41, 5.74) is 3.29. The molecule has 23 heavy (non-hydrogen) atoms. The molecule has 116 valence electrons. The van der Waals surface area contributed by atoms with Gasteiger partial charge in [-0.3, -0.25) is 4.98 Å². The molecule has 0 fully saturated rings. The minimum Gasteiger partial charge on any atom is -0.457 e. The number of pyridine rings is 1. The second-order valence-electron chi connectivity index (χ2n) is 5.79. The lowest BCUT2D eigenvalue weighted by molar-refractivity contribution is 0.483. The first-order valence-electron chi connectivity index (χ1n) is 7.75. The summed E-state index contributed by atoms with van der Waals surface area (Å²) in [5.74, 6) is 1.50. The van der Waals surface area contributed by atoms with Crippen LogP contribution in [0.2, 0.25) is 10.0 Å². The van der Waals surface area contributed by atoms with Gasteiger partial charge in [0.05, 0.1) is 10.5 Å². The summed E-state index contributed by atoms with van der Waals surface area (Å²) in [4.78, 5) is 4.78. The summed E-state index contributed by atoms with van der Waals surface area (Å²) in [5, 5.41) is 2.47. The smallest absolute Gasteiger partial charge is 0.128 e. The zero-order valence-corrected chi connectivity index (χ0v) is 14.0. The summed E-state index contributed by atoms with van der Waals surface area (Å²) >= 11 is 12.5. The van der Waals surface area contributed by atoms with Gasteiger partial charge in [0.25, 0.3) is 0 Å². The topological polar surface area (TPSA) is 22.1 Å². The maximum Gasteiger partial charge on any atom is 0.128 e. The summed E-state index contributed by atoms with van der Waals surface area (Å²) in [6.07, 6.45) is 4.41. The van der Waals surface area contributed by atoms with E-state index in [1.54, 1.807) is 0 Å². The van der Waals surface area contributed by atoms with Gasteiger partial charge in [-0.15, -0.1) is 0 Å². The molecular weight excluding hydrogens is 329 g/mol. The monoisotopic (exact) mass is 343 g/mol. The quantitative estimate of drug-likeness (QED) is 0.551. The van der Waals surface area contributed by atoms with Crippen molar-refractivity contribution in [3.63, 3.8) is 0 Å². The lowest BCUT2D eigenvalue weighted by atomic mass is 9.94. The Labute approximate surface area is 145 Å². The average Bonchev–Trinajstić information content (AvgIpc) is 2.58. The van der Waals surface area contributed by atoms with E-state index in [1.807, 2.05) is 42.5 Å². The fourth-order valence-electron chi connectivity index (χ4n) is 3.05. The van der Waals surface area contributed by atoms with Crippen molar-refractivity contribution in [3.8, 4) is 11.5 Å². The molecule has 0 bridgehead atoms. The molecule has 0 spiro atoms. The summed E-state index contributed by atoms with van der Waals surface area (Å²) < 4.78 is 5.90. The molecule has 3 aromatic rings. The van der Waals surface area contributed by atoms with Crippen LogP contribution in [0.25, 0.3) is 10.9 Å². The normalized spacial score (nSPS) is 13.8. The lowest BCUT2D eigenvalue weighted by Crippen LogP contribution is -2.06. The number of aryl methyl sites for hydroxylation is 1. The second-order valence-corrected chi connectivity index (χ2v) is 6.61. The molecule has 0 radical (unpaired) electrons. The Hall–Kier alpha value is -1.77. The number of halogens is 2. The number of ether oxygens (including phenoxy) is 1. The second kappa shape index (κ2) is 6.03. The van der Waals surface area contributed by atoms with Gasteiger partial charge in [0, 0.05) is 16.1 Å². The van der Waals surface area contributed by atoms with Gasteiger partial charge in [0.2, 0.25) is 0 Å². The molecule has 0 unspecified atom stereocenters. The molecule has 0 N–H and O–H groups in total.